The average Bonchev–Trinajstić information content (AvgIpc) is 2.44. The number of rotatable bonds is 5. The Labute approximate surface area is 137 Å². The topological polar surface area (TPSA) is 29.3 Å². The largest absolute Gasteiger partial charge is 0.329 e. The number of hydrogen-bond acceptors (Lipinski definition) is 2. The number of likely N-dealkylation sites (N-methyl/N-ethyl adjacent to an activating group) is 1. The lowest BCUT2D eigenvalue weighted by Crippen LogP contribution is -2.30. The maximum atomic E-state index is 13.2. The zero-order valence-electron chi connectivity index (χ0n) is 11.7. The Bertz CT molecular complexity index is 621. The van der Waals surface area contributed by atoms with Gasteiger partial charge >= 0.3 is 0 Å². The van der Waals surface area contributed by atoms with Crippen LogP contribution >= 0.6 is 27.5 Å². The fourth-order valence-electron chi connectivity index (χ4n) is 2.32. The van der Waals surface area contributed by atoms with Crippen LogP contribution in [0.2, 0.25) is 5.02 Å². The minimum absolute atomic E-state index is 0.0646. The van der Waals surface area contributed by atoms with Gasteiger partial charge in [-0.05, 0) is 36.4 Å². The van der Waals surface area contributed by atoms with Crippen LogP contribution in [0.4, 0.5) is 4.39 Å². The molecule has 0 saturated carbocycles. The second-order valence-electron chi connectivity index (χ2n) is 4.92. The molecule has 112 valence electrons. The fraction of sp³-hybridized carbons (Fsp3) is 0.250. The van der Waals surface area contributed by atoms with Crippen molar-refractivity contribution in [3.63, 3.8) is 0 Å². The van der Waals surface area contributed by atoms with Crippen LogP contribution in [0.15, 0.2) is 46.9 Å². The Kier molecular flexibility index (Phi) is 5.76. The molecule has 2 aromatic carbocycles. The number of halogens is 3. The van der Waals surface area contributed by atoms with Crippen molar-refractivity contribution in [1.29, 1.82) is 0 Å². The molecule has 2 nitrogen and oxygen atoms in total. The molecule has 0 spiro atoms. The fourth-order valence-corrected chi connectivity index (χ4v) is 3.02. The van der Waals surface area contributed by atoms with Gasteiger partial charge in [0.15, 0.2) is 0 Å². The first kappa shape index (κ1) is 16.4. The molecule has 21 heavy (non-hydrogen) atoms. The van der Waals surface area contributed by atoms with E-state index in [9.17, 15) is 4.39 Å². The van der Waals surface area contributed by atoms with Gasteiger partial charge in [-0.25, -0.2) is 4.39 Å². The zero-order valence-corrected chi connectivity index (χ0v) is 14.0. The van der Waals surface area contributed by atoms with Crippen molar-refractivity contribution < 1.29 is 4.39 Å². The molecule has 1 unspecified atom stereocenters. The highest BCUT2D eigenvalue weighted by molar-refractivity contribution is 9.10. The summed E-state index contributed by atoms with van der Waals surface area (Å²) in [4.78, 5) is 2.11. The Morgan fingerprint density at radius 1 is 1.29 bits per heavy atom. The molecule has 0 amide bonds. The van der Waals surface area contributed by atoms with Gasteiger partial charge in [0.1, 0.15) is 5.82 Å². The van der Waals surface area contributed by atoms with E-state index in [0.29, 0.717) is 11.6 Å². The highest BCUT2D eigenvalue weighted by atomic mass is 79.9. The second kappa shape index (κ2) is 7.36. The maximum absolute atomic E-state index is 13.2. The lowest BCUT2D eigenvalue weighted by atomic mass is 10.0. The molecule has 0 fully saturated rings. The molecular weight excluding hydrogens is 355 g/mol. The van der Waals surface area contributed by atoms with Crippen molar-refractivity contribution in [3.8, 4) is 0 Å². The molecule has 0 bridgehead atoms. The van der Waals surface area contributed by atoms with E-state index >= 15 is 0 Å². The van der Waals surface area contributed by atoms with Crippen LogP contribution in [-0.2, 0) is 6.54 Å². The van der Waals surface area contributed by atoms with E-state index in [0.717, 1.165) is 22.1 Å². The van der Waals surface area contributed by atoms with Crippen LogP contribution in [0, 0.1) is 5.82 Å². The lowest BCUT2D eigenvalue weighted by molar-refractivity contribution is 0.241. The van der Waals surface area contributed by atoms with Gasteiger partial charge in [-0.15, -0.1) is 0 Å². The Hall–Kier alpha value is -0.940. The normalized spacial score (nSPS) is 12.7. The van der Waals surface area contributed by atoms with Crippen LogP contribution in [0.1, 0.15) is 17.2 Å². The molecule has 2 rings (SSSR count). The lowest BCUT2D eigenvalue weighted by Gasteiger charge is -2.28. The first-order valence-corrected chi connectivity index (χ1v) is 7.78. The van der Waals surface area contributed by atoms with Gasteiger partial charge in [0.2, 0.25) is 0 Å². The van der Waals surface area contributed by atoms with Gasteiger partial charge in [-0.3, -0.25) is 4.90 Å². The molecule has 0 aromatic heterocycles. The summed E-state index contributed by atoms with van der Waals surface area (Å²) in [7, 11) is 1.98. The molecular formula is C16H17BrClFN2. The van der Waals surface area contributed by atoms with E-state index in [2.05, 4.69) is 26.9 Å². The standard InChI is InChI=1S/C16H17BrClFN2/c1-21(10-11-4-2-3-5-14(11)17)16(9-20)13-7-6-12(19)8-15(13)18/h2-8,16H,9-10,20H2,1H3. The Morgan fingerprint density at radius 2 is 2.00 bits per heavy atom. The third-order valence-corrected chi connectivity index (χ3v) is 4.56. The summed E-state index contributed by atoms with van der Waals surface area (Å²) in [6, 6.07) is 12.4. The van der Waals surface area contributed by atoms with Crippen molar-refractivity contribution in [1.82, 2.24) is 4.90 Å². The van der Waals surface area contributed by atoms with E-state index in [1.807, 2.05) is 25.2 Å². The molecule has 0 aliphatic heterocycles. The summed E-state index contributed by atoms with van der Waals surface area (Å²) in [5.41, 5.74) is 7.90. The van der Waals surface area contributed by atoms with Gasteiger partial charge in [-0.1, -0.05) is 51.8 Å². The predicted octanol–water partition coefficient (Wildman–Crippen LogP) is 4.37. The SMILES string of the molecule is CN(Cc1ccccc1Br)C(CN)c1ccc(F)cc1Cl. The monoisotopic (exact) mass is 370 g/mol. The van der Waals surface area contributed by atoms with Crippen molar-refractivity contribution in [2.45, 2.75) is 12.6 Å². The highest BCUT2D eigenvalue weighted by Gasteiger charge is 2.19. The molecule has 0 radical (unpaired) electrons. The minimum atomic E-state index is -0.340. The van der Waals surface area contributed by atoms with Gasteiger partial charge in [0, 0.05) is 28.6 Å². The summed E-state index contributed by atoms with van der Waals surface area (Å²) in [6.07, 6.45) is 0. The van der Waals surface area contributed by atoms with Gasteiger partial charge < -0.3 is 5.73 Å². The quantitative estimate of drug-likeness (QED) is 0.845. The van der Waals surface area contributed by atoms with Crippen LogP contribution in [0.5, 0.6) is 0 Å². The predicted molar refractivity (Wildman–Crippen MR) is 88.8 cm³/mol. The van der Waals surface area contributed by atoms with E-state index in [4.69, 9.17) is 17.3 Å². The summed E-state index contributed by atoms with van der Waals surface area (Å²) < 4.78 is 14.2. The summed E-state index contributed by atoms with van der Waals surface area (Å²) >= 11 is 9.69. The van der Waals surface area contributed by atoms with E-state index in [1.165, 1.54) is 12.1 Å². The highest BCUT2D eigenvalue weighted by Crippen LogP contribution is 2.29. The number of nitrogens with two attached hydrogens (primary N) is 1. The second-order valence-corrected chi connectivity index (χ2v) is 6.19. The number of nitrogens with zero attached hydrogens (tertiary/aromatic N) is 1. The smallest absolute Gasteiger partial charge is 0.124 e. The summed E-state index contributed by atoms with van der Waals surface area (Å²) in [5, 5.41) is 0.407. The molecule has 1 atom stereocenters. The zero-order chi connectivity index (χ0) is 15.4. The van der Waals surface area contributed by atoms with E-state index < -0.39 is 0 Å². The molecule has 5 heteroatoms. The van der Waals surface area contributed by atoms with Gasteiger partial charge in [-0.2, -0.15) is 0 Å². The molecule has 2 aromatic rings. The number of benzene rings is 2. The van der Waals surface area contributed by atoms with Crippen LogP contribution in [0.25, 0.3) is 0 Å². The van der Waals surface area contributed by atoms with Crippen molar-refractivity contribution in [3.05, 3.63) is 68.9 Å². The third-order valence-electron chi connectivity index (χ3n) is 3.45. The molecule has 0 aliphatic rings. The van der Waals surface area contributed by atoms with Crippen LogP contribution in [-0.4, -0.2) is 18.5 Å². The number of hydrogen-bond donors (Lipinski definition) is 1. The third kappa shape index (κ3) is 4.04. The minimum Gasteiger partial charge on any atom is -0.329 e. The Balaban J connectivity index is 2.22. The maximum Gasteiger partial charge on any atom is 0.124 e. The first-order valence-electron chi connectivity index (χ1n) is 6.61. The van der Waals surface area contributed by atoms with Crippen molar-refractivity contribution in [2.75, 3.05) is 13.6 Å². The molecule has 2 N–H and O–H groups in total. The Morgan fingerprint density at radius 3 is 2.62 bits per heavy atom. The summed E-state index contributed by atoms with van der Waals surface area (Å²) in [6.45, 7) is 1.13. The van der Waals surface area contributed by atoms with Gasteiger partial charge in [0.05, 0.1) is 0 Å². The van der Waals surface area contributed by atoms with Gasteiger partial charge in [0.25, 0.3) is 0 Å². The van der Waals surface area contributed by atoms with Crippen molar-refractivity contribution in [2.24, 2.45) is 5.73 Å². The van der Waals surface area contributed by atoms with Crippen LogP contribution in [0.3, 0.4) is 0 Å². The molecule has 0 saturated heterocycles. The van der Waals surface area contributed by atoms with Crippen molar-refractivity contribution >= 4 is 27.5 Å². The van der Waals surface area contributed by atoms with Crippen LogP contribution < -0.4 is 5.73 Å². The summed E-state index contributed by atoms with van der Waals surface area (Å²) in [5.74, 6) is -0.340. The molecule has 0 aliphatic carbocycles. The van der Waals surface area contributed by atoms with E-state index in [1.54, 1.807) is 6.07 Å². The molecule has 0 heterocycles. The average molecular weight is 372 g/mol. The first-order chi connectivity index (χ1) is 10.0. The van der Waals surface area contributed by atoms with E-state index in [-0.39, 0.29) is 11.9 Å².